The van der Waals surface area contributed by atoms with E-state index >= 15 is 0 Å². The molecule has 0 bridgehead atoms. The van der Waals surface area contributed by atoms with Crippen LogP contribution < -0.4 is 5.32 Å². The van der Waals surface area contributed by atoms with Gasteiger partial charge in [-0.05, 0) is 71.1 Å². The van der Waals surface area contributed by atoms with Crippen LogP contribution in [-0.2, 0) is 0 Å². The molecule has 3 heteroatoms. The Balaban J connectivity index is 1.39. The maximum absolute atomic E-state index is 3.93. The van der Waals surface area contributed by atoms with Crippen LogP contribution in [0.4, 0.5) is 0 Å². The van der Waals surface area contributed by atoms with Crippen molar-refractivity contribution in [3.05, 3.63) is 0 Å². The van der Waals surface area contributed by atoms with E-state index in [2.05, 4.69) is 29.2 Å². The highest BCUT2D eigenvalue weighted by Gasteiger charge is 2.35. The maximum atomic E-state index is 3.93. The molecule has 1 aliphatic carbocycles. The summed E-state index contributed by atoms with van der Waals surface area (Å²) in [7, 11) is 4.41. The summed E-state index contributed by atoms with van der Waals surface area (Å²) in [5.74, 6) is 1.93. The van der Waals surface area contributed by atoms with Crippen LogP contribution in [0.1, 0.15) is 44.9 Å². The Hall–Kier alpha value is -0.120. The largest absolute Gasteiger partial charge is 0.310 e. The quantitative estimate of drug-likeness (QED) is 0.851. The molecule has 3 rings (SSSR count). The molecule has 0 amide bonds. The summed E-state index contributed by atoms with van der Waals surface area (Å²) in [5, 5.41) is 3.93. The zero-order chi connectivity index (χ0) is 13.9. The molecule has 20 heavy (non-hydrogen) atoms. The highest BCUT2D eigenvalue weighted by molar-refractivity contribution is 4.94. The summed E-state index contributed by atoms with van der Waals surface area (Å²) in [6.07, 6.45) is 10.1. The van der Waals surface area contributed by atoms with E-state index < -0.39 is 0 Å². The second-order valence-corrected chi connectivity index (χ2v) is 7.76. The van der Waals surface area contributed by atoms with Gasteiger partial charge in [-0.25, -0.2) is 0 Å². The van der Waals surface area contributed by atoms with Gasteiger partial charge in [-0.2, -0.15) is 0 Å². The van der Waals surface area contributed by atoms with Crippen molar-refractivity contribution in [2.45, 2.75) is 57.0 Å². The molecule has 1 saturated carbocycles. The third kappa shape index (κ3) is 3.75. The van der Waals surface area contributed by atoms with Crippen LogP contribution in [0.15, 0.2) is 0 Å². The van der Waals surface area contributed by atoms with Crippen LogP contribution in [-0.4, -0.2) is 62.2 Å². The zero-order valence-corrected chi connectivity index (χ0v) is 13.5. The van der Waals surface area contributed by atoms with E-state index in [4.69, 9.17) is 0 Å². The predicted molar refractivity (Wildman–Crippen MR) is 85.0 cm³/mol. The van der Waals surface area contributed by atoms with E-state index in [9.17, 15) is 0 Å². The maximum Gasteiger partial charge on any atom is 0.0200 e. The Kier molecular flexibility index (Phi) is 5.00. The van der Waals surface area contributed by atoms with Crippen LogP contribution in [0, 0.1) is 11.8 Å². The van der Waals surface area contributed by atoms with Gasteiger partial charge in [0.25, 0.3) is 0 Å². The number of likely N-dealkylation sites (tertiary alicyclic amines) is 1. The van der Waals surface area contributed by atoms with Crippen LogP contribution in [0.3, 0.4) is 0 Å². The van der Waals surface area contributed by atoms with E-state index in [1.54, 1.807) is 0 Å². The molecular formula is C17H33N3. The molecule has 3 unspecified atom stereocenters. The Labute approximate surface area is 125 Å². The van der Waals surface area contributed by atoms with E-state index in [1.807, 2.05) is 0 Å². The van der Waals surface area contributed by atoms with E-state index in [-0.39, 0.29) is 0 Å². The highest BCUT2D eigenvalue weighted by Crippen LogP contribution is 2.33. The molecule has 3 fully saturated rings. The third-order valence-corrected chi connectivity index (χ3v) is 5.76. The Morgan fingerprint density at radius 1 is 1.05 bits per heavy atom. The van der Waals surface area contributed by atoms with Gasteiger partial charge in [0.15, 0.2) is 0 Å². The first-order valence-corrected chi connectivity index (χ1v) is 8.84. The first-order valence-electron chi connectivity index (χ1n) is 8.84. The lowest BCUT2D eigenvalue weighted by atomic mass is 9.85. The predicted octanol–water partition coefficient (Wildman–Crippen LogP) is 2.18. The molecule has 1 N–H and O–H groups in total. The van der Waals surface area contributed by atoms with Crippen molar-refractivity contribution in [2.75, 3.05) is 40.3 Å². The van der Waals surface area contributed by atoms with E-state index in [0.717, 1.165) is 23.9 Å². The van der Waals surface area contributed by atoms with Crippen LogP contribution in [0.2, 0.25) is 0 Å². The van der Waals surface area contributed by atoms with Crippen LogP contribution >= 0.6 is 0 Å². The standard InChI is InChI=1S/C17H33N3/c1-19(2)12-14-7-9-20(10-8-14)13-16-11-15-5-3-4-6-17(15)18-16/h14-18H,3-13H2,1-2H3. The summed E-state index contributed by atoms with van der Waals surface area (Å²) >= 11 is 0. The summed E-state index contributed by atoms with van der Waals surface area (Å²) in [6.45, 7) is 5.24. The van der Waals surface area contributed by atoms with Crippen molar-refractivity contribution >= 4 is 0 Å². The minimum absolute atomic E-state index is 0.786. The second kappa shape index (κ2) is 6.76. The van der Waals surface area contributed by atoms with Gasteiger partial charge in [0, 0.05) is 25.2 Å². The smallest absolute Gasteiger partial charge is 0.0200 e. The fourth-order valence-corrected chi connectivity index (χ4v) is 4.75. The molecule has 0 spiro atoms. The molecular weight excluding hydrogens is 246 g/mol. The van der Waals surface area contributed by atoms with Crippen molar-refractivity contribution in [3.8, 4) is 0 Å². The van der Waals surface area contributed by atoms with Crippen LogP contribution in [0.5, 0.6) is 0 Å². The fraction of sp³-hybridized carbons (Fsp3) is 1.00. The second-order valence-electron chi connectivity index (χ2n) is 7.76. The lowest BCUT2D eigenvalue weighted by Gasteiger charge is -2.34. The van der Waals surface area contributed by atoms with Gasteiger partial charge in [0.05, 0.1) is 0 Å². The third-order valence-electron chi connectivity index (χ3n) is 5.76. The van der Waals surface area contributed by atoms with Crippen molar-refractivity contribution < 1.29 is 0 Å². The number of hydrogen-bond donors (Lipinski definition) is 1. The Morgan fingerprint density at radius 2 is 1.80 bits per heavy atom. The van der Waals surface area contributed by atoms with Crippen molar-refractivity contribution in [1.82, 2.24) is 15.1 Å². The topological polar surface area (TPSA) is 18.5 Å². The lowest BCUT2D eigenvalue weighted by molar-refractivity contribution is 0.152. The molecule has 116 valence electrons. The lowest BCUT2D eigenvalue weighted by Crippen LogP contribution is -2.44. The number of hydrogen-bond acceptors (Lipinski definition) is 3. The summed E-state index contributed by atoms with van der Waals surface area (Å²) in [6, 6.07) is 1.65. The highest BCUT2D eigenvalue weighted by atomic mass is 15.2. The van der Waals surface area contributed by atoms with Gasteiger partial charge >= 0.3 is 0 Å². The molecule has 0 aromatic carbocycles. The number of rotatable bonds is 4. The molecule has 3 atom stereocenters. The van der Waals surface area contributed by atoms with Crippen LogP contribution in [0.25, 0.3) is 0 Å². The average molecular weight is 279 g/mol. The summed E-state index contributed by atoms with van der Waals surface area (Å²) in [4.78, 5) is 5.07. The van der Waals surface area contributed by atoms with Gasteiger partial charge in [-0.1, -0.05) is 12.8 Å². The van der Waals surface area contributed by atoms with Gasteiger partial charge in [0.2, 0.25) is 0 Å². The first kappa shape index (κ1) is 14.8. The van der Waals surface area contributed by atoms with Gasteiger partial charge < -0.3 is 15.1 Å². The van der Waals surface area contributed by atoms with Crippen molar-refractivity contribution in [3.63, 3.8) is 0 Å². The monoisotopic (exact) mass is 279 g/mol. The number of nitrogens with zero attached hydrogens (tertiary/aromatic N) is 2. The van der Waals surface area contributed by atoms with Crippen molar-refractivity contribution in [2.24, 2.45) is 11.8 Å². The van der Waals surface area contributed by atoms with Gasteiger partial charge in [-0.15, -0.1) is 0 Å². The molecule has 2 heterocycles. The molecule has 3 aliphatic rings. The van der Waals surface area contributed by atoms with E-state index in [1.165, 1.54) is 71.1 Å². The average Bonchev–Trinajstić information content (AvgIpc) is 2.82. The minimum atomic E-state index is 0.786. The molecule has 2 saturated heterocycles. The minimum Gasteiger partial charge on any atom is -0.310 e. The molecule has 3 nitrogen and oxygen atoms in total. The number of nitrogens with one attached hydrogen (secondary N) is 1. The summed E-state index contributed by atoms with van der Waals surface area (Å²) in [5.41, 5.74) is 0. The Bertz CT molecular complexity index is 283. The van der Waals surface area contributed by atoms with Gasteiger partial charge in [0.1, 0.15) is 0 Å². The van der Waals surface area contributed by atoms with E-state index in [0.29, 0.717) is 0 Å². The number of fused-ring (bicyclic) bond motifs is 1. The molecule has 0 radical (unpaired) electrons. The molecule has 0 aromatic rings. The summed E-state index contributed by atoms with van der Waals surface area (Å²) < 4.78 is 0. The van der Waals surface area contributed by atoms with Gasteiger partial charge in [-0.3, -0.25) is 0 Å². The normalized spacial score (nSPS) is 36.5. The first-order chi connectivity index (χ1) is 9.70. The SMILES string of the molecule is CN(C)CC1CCN(CC2CC3CCCCC3N2)CC1. The zero-order valence-electron chi connectivity index (χ0n) is 13.5. The number of piperidine rings is 1. The Morgan fingerprint density at radius 3 is 2.50 bits per heavy atom. The fourth-order valence-electron chi connectivity index (χ4n) is 4.75. The molecule has 0 aromatic heterocycles. The molecule has 2 aliphatic heterocycles. The van der Waals surface area contributed by atoms with Crippen molar-refractivity contribution in [1.29, 1.82) is 0 Å².